The lowest BCUT2D eigenvalue weighted by molar-refractivity contribution is 0.397. The molecule has 0 bridgehead atoms. The van der Waals surface area contributed by atoms with Gasteiger partial charge in [0.15, 0.2) is 0 Å². The van der Waals surface area contributed by atoms with Gasteiger partial charge in [0.2, 0.25) is 0 Å². The van der Waals surface area contributed by atoms with E-state index in [0.29, 0.717) is 6.04 Å². The first kappa shape index (κ1) is 13.2. The monoisotopic (exact) mass is 337 g/mol. The van der Waals surface area contributed by atoms with Crippen LogP contribution >= 0.6 is 27.3 Å². The van der Waals surface area contributed by atoms with Crippen LogP contribution in [0, 0.1) is 6.92 Å². The molecule has 0 aliphatic carbocycles. The van der Waals surface area contributed by atoms with Gasteiger partial charge in [-0.25, -0.2) is 9.97 Å². The number of rotatable bonds is 2. The Hall–Kier alpha value is -0.780. The van der Waals surface area contributed by atoms with E-state index < -0.39 is 0 Å². The van der Waals surface area contributed by atoms with Crippen molar-refractivity contribution in [3.63, 3.8) is 0 Å². The number of aryl methyl sites for hydroxylation is 1. The summed E-state index contributed by atoms with van der Waals surface area (Å²) >= 11 is 5.21. The van der Waals surface area contributed by atoms with E-state index in [4.69, 9.17) is 4.98 Å². The van der Waals surface area contributed by atoms with E-state index in [1.54, 1.807) is 11.3 Å². The first-order valence-corrected chi connectivity index (χ1v) is 8.23. The van der Waals surface area contributed by atoms with Crippen molar-refractivity contribution in [2.75, 3.05) is 6.54 Å². The van der Waals surface area contributed by atoms with Gasteiger partial charge >= 0.3 is 0 Å². The average molecular weight is 338 g/mol. The third kappa shape index (κ3) is 3.04. The van der Waals surface area contributed by atoms with Gasteiger partial charge in [-0.05, 0) is 54.4 Å². The second kappa shape index (κ2) is 5.69. The molecule has 0 saturated carbocycles. The highest BCUT2D eigenvalue weighted by Crippen LogP contribution is 2.30. The standard InChI is InChI=1S/C14H16BrN3S/c1-9-6-12(13-7-10(15)8-19-13)18-14(17-9)11-4-2-3-5-16-11/h6-8,11,16H,2-5H2,1H3. The molecule has 0 spiro atoms. The minimum atomic E-state index is 0.316. The van der Waals surface area contributed by atoms with Crippen LogP contribution in [0.25, 0.3) is 10.6 Å². The fourth-order valence-electron chi connectivity index (χ4n) is 2.39. The van der Waals surface area contributed by atoms with Crippen LogP contribution in [0.4, 0.5) is 0 Å². The molecule has 3 nitrogen and oxygen atoms in total. The van der Waals surface area contributed by atoms with E-state index in [9.17, 15) is 0 Å². The van der Waals surface area contributed by atoms with Gasteiger partial charge < -0.3 is 5.32 Å². The maximum absolute atomic E-state index is 4.76. The largest absolute Gasteiger partial charge is 0.307 e. The Morgan fingerprint density at radius 3 is 2.89 bits per heavy atom. The first-order valence-electron chi connectivity index (χ1n) is 6.56. The Morgan fingerprint density at radius 1 is 1.32 bits per heavy atom. The zero-order chi connectivity index (χ0) is 13.2. The predicted octanol–water partition coefficient (Wildman–Crippen LogP) is 4.09. The van der Waals surface area contributed by atoms with Crippen LogP contribution in [0.2, 0.25) is 0 Å². The fraction of sp³-hybridized carbons (Fsp3) is 0.429. The Kier molecular flexibility index (Phi) is 3.96. The highest BCUT2D eigenvalue weighted by molar-refractivity contribution is 9.10. The highest BCUT2D eigenvalue weighted by atomic mass is 79.9. The number of hydrogen-bond acceptors (Lipinski definition) is 4. The fourth-order valence-corrected chi connectivity index (χ4v) is 3.78. The van der Waals surface area contributed by atoms with Crippen LogP contribution in [0.3, 0.4) is 0 Å². The van der Waals surface area contributed by atoms with Crippen LogP contribution in [0.5, 0.6) is 0 Å². The summed E-state index contributed by atoms with van der Waals surface area (Å²) in [7, 11) is 0. The minimum absolute atomic E-state index is 0.316. The molecule has 0 aromatic carbocycles. The Labute approximate surface area is 125 Å². The smallest absolute Gasteiger partial charge is 0.146 e. The number of thiophene rings is 1. The van der Waals surface area contributed by atoms with E-state index in [1.165, 1.54) is 17.7 Å². The quantitative estimate of drug-likeness (QED) is 0.896. The molecule has 1 saturated heterocycles. The normalized spacial score (nSPS) is 19.6. The van der Waals surface area contributed by atoms with Crippen molar-refractivity contribution in [2.45, 2.75) is 32.2 Å². The van der Waals surface area contributed by atoms with Crippen LogP contribution in [0.1, 0.15) is 36.8 Å². The van der Waals surface area contributed by atoms with Crippen molar-refractivity contribution in [1.82, 2.24) is 15.3 Å². The number of nitrogens with one attached hydrogen (secondary N) is 1. The summed E-state index contributed by atoms with van der Waals surface area (Å²) in [5, 5.41) is 5.60. The molecule has 0 radical (unpaired) electrons. The van der Waals surface area contributed by atoms with Crippen LogP contribution in [-0.2, 0) is 0 Å². The zero-order valence-electron chi connectivity index (χ0n) is 10.8. The molecule has 2 aromatic rings. The number of nitrogens with zero attached hydrogens (tertiary/aromatic N) is 2. The minimum Gasteiger partial charge on any atom is -0.307 e. The molecule has 1 aliphatic rings. The molecule has 1 atom stereocenters. The summed E-state index contributed by atoms with van der Waals surface area (Å²) in [6.07, 6.45) is 3.65. The average Bonchev–Trinajstić information content (AvgIpc) is 2.86. The molecule has 0 amide bonds. The molecule has 19 heavy (non-hydrogen) atoms. The molecule has 1 unspecified atom stereocenters. The molecule has 1 N–H and O–H groups in total. The van der Waals surface area contributed by atoms with Gasteiger partial charge in [-0.15, -0.1) is 11.3 Å². The van der Waals surface area contributed by atoms with Gasteiger partial charge in [0.25, 0.3) is 0 Å². The molecule has 2 aromatic heterocycles. The van der Waals surface area contributed by atoms with Crippen LogP contribution in [-0.4, -0.2) is 16.5 Å². The van der Waals surface area contributed by atoms with Gasteiger partial charge in [0.1, 0.15) is 5.82 Å². The van der Waals surface area contributed by atoms with Crippen molar-refractivity contribution >= 4 is 27.3 Å². The summed E-state index contributed by atoms with van der Waals surface area (Å²) in [4.78, 5) is 10.6. The lowest BCUT2D eigenvalue weighted by Crippen LogP contribution is -2.28. The van der Waals surface area contributed by atoms with E-state index >= 15 is 0 Å². The molecular weight excluding hydrogens is 322 g/mol. The van der Waals surface area contributed by atoms with Crippen molar-refractivity contribution in [2.24, 2.45) is 0 Å². The summed E-state index contributed by atoms with van der Waals surface area (Å²) in [5.74, 6) is 0.944. The van der Waals surface area contributed by atoms with Crippen molar-refractivity contribution < 1.29 is 0 Å². The summed E-state index contributed by atoms with van der Waals surface area (Å²) < 4.78 is 1.11. The summed E-state index contributed by atoms with van der Waals surface area (Å²) in [6, 6.07) is 4.49. The van der Waals surface area contributed by atoms with Gasteiger partial charge in [0, 0.05) is 15.5 Å². The second-order valence-corrected chi connectivity index (χ2v) is 6.71. The topological polar surface area (TPSA) is 37.8 Å². The molecular formula is C14H16BrN3S. The van der Waals surface area contributed by atoms with Crippen molar-refractivity contribution in [3.8, 4) is 10.6 Å². The summed E-state index contributed by atoms with van der Waals surface area (Å²) in [5.41, 5.74) is 2.07. The van der Waals surface area contributed by atoms with Gasteiger partial charge in [0.05, 0.1) is 16.6 Å². The number of halogens is 1. The molecule has 1 fully saturated rings. The van der Waals surface area contributed by atoms with Gasteiger partial charge in [-0.3, -0.25) is 0 Å². The third-order valence-corrected chi connectivity index (χ3v) is 5.03. The lowest BCUT2D eigenvalue weighted by Gasteiger charge is -2.22. The maximum atomic E-state index is 4.76. The van der Waals surface area contributed by atoms with Gasteiger partial charge in [-0.2, -0.15) is 0 Å². The molecule has 3 rings (SSSR count). The van der Waals surface area contributed by atoms with E-state index in [1.807, 2.05) is 6.92 Å². The third-order valence-electron chi connectivity index (χ3n) is 3.31. The van der Waals surface area contributed by atoms with E-state index in [0.717, 1.165) is 34.7 Å². The molecule has 5 heteroatoms. The van der Waals surface area contributed by atoms with Gasteiger partial charge in [-0.1, -0.05) is 6.42 Å². The van der Waals surface area contributed by atoms with Crippen molar-refractivity contribution in [1.29, 1.82) is 0 Å². The number of hydrogen-bond donors (Lipinski definition) is 1. The van der Waals surface area contributed by atoms with E-state index in [-0.39, 0.29) is 0 Å². The number of piperidine rings is 1. The number of aromatic nitrogens is 2. The molecule has 100 valence electrons. The van der Waals surface area contributed by atoms with Crippen molar-refractivity contribution in [3.05, 3.63) is 33.5 Å². The molecule has 3 heterocycles. The maximum Gasteiger partial charge on any atom is 0.146 e. The first-order chi connectivity index (χ1) is 9.22. The Balaban J connectivity index is 1.95. The molecule has 1 aliphatic heterocycles. The predicted molar refractivity (Wildman–Crippen MR) is 82.4 cm³/mol. The van der Waals surface area contributed by atoms with Crippen LogP contribution in [0.15, 0.2) is 22.0 Å². The Bertz CT molecular complexity index is 576. The zero-order valence-corrected chi connectivity index (χ0v) is 13.2. The lowest BCUT2D eigenvalue weighted by atomic mass is 10.0. The Morgan fingerprint density at radius 2 is 2.21 bits per heavy atom. The second-order valence-electron chi connectivity index (χ2n) is 4.88. The highest BCUT2D eigenvalue weighted by Gasteiger charge is 2.18. The van der Waals surface area contributed by atoms with E-state index in [2.05, 4.69) is 43.7 Å². The SMILES string of the molecule is Cc1cc(-c2cc(Br)cs2)nc(C2CCCCN2)n1. The van der Waals surface area contributed by atoms with Crippen LogP contribution < -0.4 is 5.32 Å². The summed E-state index contributed by atoms with van der Waals surface area (Å²) in [6.45, 7) is 3.11.